The van der Waals surface area contributed by atoms with Gasteiger partial charge in [-0.2, -0.15) is 0 Å². The van der Waals surface area contributed by atoms with Crippen LogP contribution in [0.4, 0.5) is 0 Å². The molecule has 0 saturated heterocycles. The predicted octanol–water partition coefficient (Wildman–Crippen LogP) is 15.9. The fraction of sp³-hybridized carbons (Fsp3) is 0.288. The Bertz CT molecular complexity index is 3170. The summed E-state index contributed by atoms with van der Waals surface area (Å²) in [4.78, 5) is 10.4. The number of hydrogen-bond acceptors (Lipinski definition) is 3. The van der Waals surface area contributed by atoms with E-state index in [0.29, 0.717) is 34.1 Å². The van der Waals surface area contributed by atoms with Crippen LogP contribution < -0.4 is 0 Å². The molecule has 0 amide bonds. The number of aryl methyl sites for hydroxylation is 1. The SMILES string of the molecule is [2H]c1c([2H])c(C(C)(C)C)c([2H])c([2H])c1-c1ccnc(-c2cc(-c3cccc4c3nc(-c3cc(C(C)(C)C)cc(C)c3O)n4-c3ccc(CC(C)C)cc3-c3ccccc3)cc(C(C)(C)C)c2)c1. The zero-order valence-electron chi connectivity index (χ0n) is 43.0. The Kier molecular flexibility index (Phi) is 10.0. The number of benzene rings is 6. The van der Waals surface area contributed by atoms with Gasteiger partial charge >= 0.3 is 0 Å². The third-order valence-electron chi connectivity index (χ3n) is 12.0. The van der Waals surface area contributed by atoms with Crippen LogP contribution in [-0.2, 0) is 22.7 Å². The molecule has 0 saturated carbocycles. The van der Waals surface area contributed by atoms with Crippen molar-refractivity contribution in [1.29, 1.82) is 0 Å². The van der Waals surface area contributed by atoms with Crippen molar-refractivity contribution in [2.24, 2.45) is 5.92 Å². The number of aromatic hydroxyl groups is 1. The highest BCUT2D eigenvalue weighted by atomic mass is 16.3. The van der Waals surface area contributed by atoms with Gasteiger partial charge in [0.1, 0.15) is 11.6 Å². The smallest absolute Gasteiger partial charge is 0.149 e. The fourth-order valence-electron chi connectivity index (χ4n) is 8.30. The number of pyridine rings is 1. The lowest BCUT2D eigenvalue weighted by atomic mass is 9.83. The standard InChI is InChI=1S/C59H63N3O/c1-37(2)29-39-21-26-52(49(31-39)41-17-14-13-15-18-41)62-53-20-16-19-48(54(53)61-56(62)50-36-46(58(7,8)9)30-38(3)55(50)63)43-32-44(34-47(33-43)59(10,11)12)51-35-42(27-28-60-51)40-22-24-45(25-23-40)57(4,5)6/h13-28,30-37,63H,29H2,1-12H3/i22D,23D,24D,25D. The molecule has 4 nitrogen and oxygen atoms in total. The molecule has 0 aliphatic rings. The largest absolute Gasteiger partial charge is 0.507 e. The molecule has 0 aliphatic carbocycles. The molecule has 0 radical (unpaired) electrons. The second-order valence-corrected chi connectivity index (χ2v) is 20.7. The van der Waals surface area contributed by atoms with E-state index in [1.165, 1.54) is 5.56 Å². The number of para-hydroxylation sites is 1. The average molecular weight is 834 g/mol. The van der Waals surface area contributed by atoms with Crippen molar-refractivity contribution in [3.8, 4) is 67.5 Å². The van der Waals surface area contributed by atoms with Crippen LogP contribution >= 0.6 is 0 Å². The first-order chi connectivity index (χ1) is 31.4. The van der Waals surface area contributed by atoms with Crippen molar-refractivity contribution in [2.75, 3.05) is 0 Å². The minimum atomic E-state index is -0.566. The molecule has 8 rings (SSSR count). The zero-order valence-corrected chi connectivity index (χ0v) is 39.0. The molecule has 1 N–H and O–H groups in total. The van der Waals surface area contributed by atoms with Crippen LogP contribution in [0.2, 0.25) is 0 Å². The minimum Gasteiger partial charge on any atom is -0.507 e. The quantitative estimate of drug-likeness (QED) is 0.166. The fourth-order valence-corrected chi connectivity index (χ4v) is 8.30. The molecule has 0 atom stereocenters. The summed E-state index contributed by atoms with van der Waals surface area (Å²) in [6.07, 6.45) is 2.62. The van der Waals surface area contributed by atoms with Gasteiger partial charge in [0.05, 0.1) is 33.5 Å². The van der Waals surface area contributed by atoms with Gasteiger partial charge in [0.25, 0.3) is 0 Å². The second kappa shape index (κ2) is 16.5. The van der Waals surface area contributed by atoms with Crippen molar-refractivity contribution in [3.05, 3.63) is 167 Å². The summed E-state index contributed by atoms with van der Waals surface area (Å²) in [5.41, 5.74) is 13.2. The molecule has 0 aliphatic heterocycles. The summed E-state index contributed by atoms with van der Waals surface area (Å²) >= 11 is 0. The first-order valence-corrected chi connectivity index (χ1v) is 22.2. The van der Waals surface area contributed by atoms with E-state index in [9.17, 15) is 5.11 Å². The molecule has 8 aromatic rings. The highest BCUT2D eigenvalue weighted by Gasteiger charge is 2.26. The summed E-state index contributed by atoms with van der Waals surface area (Å²) in [7, 11) is 0. The van der Waals surface area contributed by atoms with Gasteiger partial charge in [0.15, 0.2) is 0 Å². The molecule has 4 heteroatoms. The van der Waals surface area contributed by atoms with E-state index in [1.54, 1.807) is 12.3 Å². The maximum Gasteiger partial charge on any atom is 0.149 e. The van der Waals surface area contributed by atoms with Crippen LogP contribution in [0.15, 0.2) is 140 Å². The number of fused-ring (bicyclic) bond motifs is 1. The highest BCUT2D eigenvalue weighted by molar-refractivity contribution is 5.98. The molecular formula is C59H63N3O. The Morgan fingerprint density at radius 1 is 0.587 bits per heavy atom. The number of imidazole rings is 1. The van der Waals surface area contributed by atoms with Crippen LogP contribution in [0.5, 0.6) is 5.75 Å². The first-order valence-electron chi connectivity index (χ1n) is 24.2. The molecule has 6 aromatic carbocycles. The summed E-state index contributed by atoms with van der Waals surface area (Å²) in [5, 5.41) is 12.1. The van der Waals surface area contributed by atoms with Crippen LogP contribution in [0.3, 0.4) is 0 Å². The van der Waals surface area contributed by atoms with Gasteiger partial charge in [-0.1, -0.05) is 161 Å². The Morgan fingerprint density at radius 3 is 1.92 bits per heavy atom. The van der Waals surface area contributed by atoms with Crippen molar-refractivity contribution < 1.29 is 10.6 Å². The van der Waals surface area contributed by atoms with Gasteiger partial charge in [-0.3, -0.25) is 9.55 Å². The summed E-state index contributed by atoms with van der Waals surface area (Å²) in [6, 6.07) is 37.7. The van der Waals surface area contributed by atoms with E-state index in [-0.39, 0.29) is 46.3 Å². The van der Waals surface area contributed by atoms with Crippen LogP contribution in [0, 0.1) is 12.8 Å². The number of aromatic nitrogens is 3. The van der Waals surface area contributed by atoms with Crippen molar-refractivity contribution >= 4 is 11.0 Å². The third kappa shape index (κ3) is 8.87. The van der Waals surface area contributed by atoms with Gasteiger partial charge in [0.2, 0.25) is 0 Å². The Hall–Kier alpha value is -6.26. The normalized spacial score (nSPS) is 13.3. The number of hydrogen-bond donors (Lipinski definition) is 1. The summed E-state index contributed by atoms with van der Waals surface area (Å²) in [6.45, 7) is 25.3. The van der Waals surface area contributed by atoms with Crippen LogP contribution in [0.1, 0.15) is 109 Å². The summed E-state index contributed by atoms with van der Waals surface area (Å²) < 4.78 is 38.2. The molecule has 2 aromatic heterocycles. The zero-order chi connectivity index (χ0) is 48.5. The van der Waals surface area contributed by atoms with Crippen molar-refractivity contribution in [1.82, 2.24) is 14.5 Å². The van der Waals surface area contributed by atoms with Gasteiger partial charge in [-0.15, -0.1) is 0 Å². The lowest BCUT2D eigenvalue weighted by Gasteiger charge is -2.22. The van der Waals surface area contributed by atoms with E-state index in [1.807, 2.05) is 39.8 Å². The van der Waals surface area contributed by atoms with Crippen molar-refractivity contribution in [3.63, 3.8) is 0 Å². The van der Waals surface area contributed by atoms with E-state index in [2.05, 4.69) is 151 Å². The molecule has 2 heterocycles. The van der Waals surface area contributed by atoms with Crippen LogP contribution in [0.25, 0.3) is 72.7 Å². The van der Waals surface area contributed by atoms with E-state index >= 15 is 0 Å². The molecular weight excluding hydrogens is 767 g/mol. The monoisotopic (exact) mass is 834 g/mol. The lowest BCUT2D eigenvalue weighted by Crippen LogP contribution is -2.12. The van der Waals surface area contributed by atoms with Gasteiger partial charge in [-0.05, 0) is 134 Å². The molecule has 63 heavy (non-hydrogen) atoms. The third-order valence-corrected chi connectivity index (χ3v) is 12.0. The first kappa shape index (κ1) is 38.4. The average Bonchev–Trinajstić information content (AvgIpc) is 3.65. The highest BCUT2D eigenvalue weighted by Crippen LogP contribution is 2.44. The second-order valence-electron chi connectivity index (χ2n) is 20.7. The molecule has 0 unspecified atom stereocenters. The minimum absolute atomic E-state index is 0.0261. The van der Waals surface area contributed by atoms with Gasteiger partial charge in [-0.25, -0.2) is 4.98 Å². The lowest BCUT2D eigenvalue weighted by molar-refractivity contribution is 0.471. The molecule has 320 valence electrons. The van der Waals surface area contributed by atoms with Crippen molar-refractivity contribution in [2.45, 2.75) is 106 Å². The maximum absolute atomic E-state index is 12.1. The van der Waals surface area contributed by atoms with E-state index < -0.39 is 5.41 Å². The molecule has 0 spiro atoms. The van der Waals surface area contributed by atoms with E-state index in [4.69, 9.17) is 15.5 Å². The maximum atomic E-state index is 12.1. The number of rotatable bonds is 8. The summed E-state index contributed by atoms with van der Waals surface area (Å²) in [5.74, 6) is 1.31. The van der Waals surface area contributed by atoms with Gasteiger partial charge in [0, 0.05) is 22.9 Å². The number of phenols is 1. The molecule has 0 fully saturated rings. The Balaban J connectivity index is 1.41. The molecule has 0 bridgehead atoms. The number of nitrogens with zero attached hydrogens (tertiary/aromatic N) is 3. The van der Waals surface area contributed by atoms with E-state index in [0.717, 1.165) is 67.6 Å². The topological polar surface area (TPSA) is 50.9 Å². The number of phenolic OH excluding ortho intramolecular Hbond substituents is 1. The Labute approximate surface area is 381 Å². The van der Waals surface area contributed by atoms with Crippen LogP contribution in [-0.4, -0.2) is 19.6 Å². The Morgan fingerprint density at radius 2 is 1.25 bits per heavy atom. The predicted molar refractivity (Wildman–Crippen MR) is 267 cm³/mol. The van der Waals surface area contributed by atoms with Gasteiger partial charge < -0.3 is 5.11 Å².